The van der Waals surface area contributed by atoms with E-state index >= 15 is 4.39 Å². The van der Waals surface area contributed by atoms with E-state index in [9.17, 15) is 9.59 Å². The maximum atomic E-state index is 16.1. The lowest BCUT2D eigenvalue weighted by Gasteiger charge is -2.62. The van der Waals surface area contributed by atoms with Gasteiger partial charge in [-0.25, -0.2) is 4.39 Å². The van der Waals surface area contributed by atoms with E-state index in [1.807, 2.05) is 6.08 Å². The van der Waals surface area contributed by atoms with Gasteiger partial charge < -0.3 is 4.74 Å². The summed E-state index contributed by atoms with van der Waals surface area (Å²) in [5, 5.41) is 0. The molecule has 3 nitrogen and oxygen atoms in total. The molecule has 6 aliphatic rings. The van der Waals surface area contributed by atoms with Crippen LogP contribution < -0.4 is 0 Å². The molecule has 1 spiro atoms. The third-order valence-electron chi connectivity index (χ3n) is 10.3. The van der Waals surface area contributed by atoms with Gasteiger partial charge in [0.1, 0.15) is 11.8 Å². The summed E-state index contributed by atoms with van der Waals surface area (Å²) in [4.78, 5) is 24.2. The smallest absolute Gasteiger partial charge is 0.306 e. The minimum absolute atomic E-state index is 0.00202. The van der Waals surface area contributed by atoms with Gasteiger partial charge in [-0.05, 0) is 67.3 Å². The van der Waals surface area contributed by atoms with Gasteiger partial charge in [-0.2, -0.15) is 0 Å². The number of rotatable bonds is 0. The number of hydrogen-bond acceptors (Lipinski definition) is 3. The second kappa shape index (κ2) is 5.10. The number of halogens is 1. The molecule has 0 aromatic rings. The Balaban J connectivity index is 1.46. The van der Waals surface area contributed by atoms with Crippen molar-refractivity contribution in [3.05, 3.63) is 11.6 Å². The van der Waals surface area contributed by atoms with E-state index in [-0.39, 0.29) is 28.5 Å². The fraction of sp³-hybridized carbons (Fsp3) is 0.833. The first-order chi connectivity index (χ1) is 13.2. The zero-order valence-electron chi connectivity index (χ0n) is 17.2. The number of hydrogen-bond donors (Lipinski definition) is 0. The molecule has 0 radical (unpaired) electrons. The van der Waals surface area contributed by atoms with Gasteiger partial charge in [-0.15, -0.1) is 0 Å². The predicted molar refractivity (Wildman–Crippen MR) is 102 cm³/mol. The first-order valence-electron chi connectivity index (χ1n) is 11.3. The average Bonchev–Trinajstić information content (AvgIpc) is 3.25. The van der Waals surface area contributed by atoms with Crippen LogP contribution in [0, 0.1) is 46.3 Å². The zero-order chi connectivity index (χ0) is 19.6. The van der Waals surface area contributed by atoms with Crippen molar-refractivity contribution in [2.24, 2.45) is 46.3 Å². The summed E-state index contributed by atoms with van der Waals surface area (Å²) in [7, 11) is 0. The largest absolute Gasteiger partial charge is 0.458 e. The minimum atomic E-state index is -0.885. The molecule has 1 heterocycles. The lowest BCUT2D eigenvalue weighted by molar-refractivity contribution is -0.192. The Morgan fingerprint density at radius 2 is 1.93 bits per heavy atom. The first-order valence-corrected chi connectivity index (χ1v) is 11.3. The molecular weight excluding hydrogens is 355 g/mol. The molecule has 28 heavy (non-hydrogen) atoms. The van der Waals surface area contributed by atoms with Gasteiger partial charge in [0.25, 0.3) is 0 Å². The van der Waals surface area contributed by atoms with Gasteiger partial charge in [0.2, 0.25) is 0 Å². The Kier molecular flexibility index (Phi) is 3.22. The van der Waals surface area contributed by atoms with Gasteiger partial charge in [0.15, 0.2) is 5.78 Å². The maximum absolute atomic E-state index is 16.1. The Hall–Kier alpha value is -1.19. The third-order valence-corrected chi connectivity index (χ3v) is 10.3. The zero-order valence-corrected chi connectivity index (χ0v) is 17.2. The number of alkyl halides is 1. The maximum Gasteiger partial charge on any atom is 0.306 e. The van der Waals surface area contributed by atoms with Crippen molar-refractivity contribution < 1.29 is 18.7 Å². The molecule has 4 unspecified atom stereocenters. The highest BCUT2D eigenvalue weighted by Gasteiger charge is 2.80. The standard InChI is InChI=1S/C24H31FO3/c1-12-8-13-9-14(26)4-6-22(13,2)21-17(25)11-23(3)20(19(12)21)15-10-16(15)24(23)7-5-18(27)28-24/h9,12,15-17,19-21H,4-8,10-11H2,1-3H3/t12?,15-,16+,17+,19?,20?,21?,22+,23+,24+/m1/s1. The molecule has 152 valence electrons. The summed E-state index contributed by atoms with van der Waals surface area (Å²) in [6.07, 6.45) is 6.20. The number of ketones is 1. The molecule has 0 amide bonds. The molecule has 0 N–H and O–H groups in total. The van der Waals surface area contributed by atoms with Crippen LogP contribution in [0.2, 0.25) is 0 Å². The highest BCUT2D eigenvalue weighted by atomic mass is 19.1. The van der Waals surface area contributed by atoms with Crippen LogP contribution in [0.25, 0.3) is 0 Å². The molecule has 4 saturated carbocycles. The van der Waals surface area contributed by atoms with Crippen LogP contribution in [0.3, 0.4) is 0 Å². The van der Waals surface area contributed by atoms with Crippen LogP contribution >= 0.6 is 0 Å². The number of ether oxygens (including phenoxy) is 1. The highest BCUT2D eigenvalue weighted by molar-refractivity contribution is 5.91. The molecule has 6 rings (SSSR count). The molecule has 1 aliphatic heterocycles. The van der Waals surface area contributed by atoms with E-state index in [0.717, 1.165) is 25.7 Å². The van der Waals surface area contributed by atoms with Gasteiger partial charge >= 0.3 is 5.97 Å². The van der Waals surface area contributed by atoms with E-state index < -0.39 is 11.8 Å². The van der Waals surface area contributed by atoms with E-state index in [4.69, 9.17) is 4.74 Å². The topological polar surface area (TPSA) is 43.4 Å². The molecule has 0 aromatic carbocycles. The average molecular weight is 387 g/mol. The van der Waals surface area contributed by atoms with Crippen molar-refractivity contribution >= 4 is 11.8 Å². The normalized spacial score (nSPS) is 59.1. The predicted octanol–water partition coefficient (Wildman–Crippen LogP) is 4.64. The molecule has 5 aliphatic carbocycles. The molecular formula is C24H31FO3. The van der Waals surface area contributed by atoms with Gasteiger partial charge in [0.05, 0.1) is 0 Å². The van der Waals surface area contributed by atoms with Crippen LogP contribution in [0.1, 0.15) is 65.7 Å². The van der Waals surface area contributed by atoms with E-state index in [1.54, 1.807) is 0 Å². The minimum Gasteiger partial charge on any atom is -0.458 e. The monoisotopic (exact) mass is 386 g/mol. The lowest BCUT2D eigenvalue weighted by atomic mass is 9.43. The van der Waals surface area contributed by atoms with Gasteiger partial charge in [-0.3, -0.25) is 9.59 Å². The van der Waals surface area contributed by atoms with Crippen molar-refractivity contribution in [2.75, 3.05) is 0 Å². The van der Waals surface area contributed by atoms with E-state index in [0.29, 0.717) is 48.9 Å². The van der Waals surface area contributed by atoms with Crippen molar-refractivity contribution in [2.45, 2.75) is 77.5 Å². The quantitative estimate of drug-likeness (QED) is 0.570. The fourth-order valence-corrected chi connectivity index (χ4v) is 9.26. The molecule has 4 heteroatoms. The fourth-order valence-electron chi connectivity index (χ4n) is 9.26. The first kappa shape index (κ1) is 17.7. The Morgan fingerprint density at radius 3 is 2.64 bits per heavy atom. The van der Waals surface area contributed by atoms with E-state index in [1.165, 1.54) is 5.57 Å². The summed E-state index contributed by atoms with van der Waals surface area (Å²) in [6.45, 7) is 6.75. The number of allylic oxidation sites excluding steroid dienone is 1. The molecule has 1 saturated heterocycles. The van der Waals surface area contributed by atoms with Crippen LogP contribution in [0.15, 0.2) is 11.6 Å². The molecule has 0 aromatic heterocycles. The number of carbonyl (C=O) groups is 2. The number of fused-ring (bicyclic) bond motifs is 9. The van der Waals surface area contributed by atoms with Gasteiger partial charge in [-0.1, -0.05) is 26.3 Å². The summed E-state index contributed by atoms with van der Waals surface area (Å²) in [6, 6.07) is 0. The Labute approximate surface area is 166 Å². The molecule has 0 bridgehead atoms. The second-order valence-electron chi connectivity index (χ2n) is 11.4. The summed E-state index contributed by atoms with van der Waals surface area (Å²) in [5.41, 5.74) is 0.381. The Morgan fingerprint density at radius 1 is 1.14 bits per heavy atom. The lowest BCUT2D eigenvalue weighted by Crippen LogP contribution is -2.62. The molecule has 10 atom stereocenters. The third kappa shape index (κ3) is 1.82. The number of carbonyl (C=O) groups excluding carboxylic acids is 2. The summed E-state index contributed by atoms with van der Waals surface area (Å²) in [5.74, 6) is 2.35. The highest BCUT2D eigenvalue weighted by Crippen LogP contribution is 2.79. The second-order valence-corrected chi connectivity index (χ2v) is 11.4. The van der Waals surface area contributed by atoms with E-state index in [2.05, 4.69) is 20.8 Å². The van der Waals surface area contributed by atoms with Crippen molar-refractivity contribution in [3.8, 4) is 0 Å². The Bertz CT molecular complexity index is 819. The SMILES string of the molecule is CC1CC2=CC(=O)CC[C@]2(C)C2C1C1[C@@H]3C[C@@H]3[C@@]3(CCC(=O)O3)[C@@]1(C)C[C@@H]2F. The van der Waals surface area contributed by atoms with Crippen molar-refractivity contribution in [3.63, 3.8) is 0 Å². The van der Waals surface area contributed by atoms with Gasteiger partial charge in [0, 0.05) is 30.1 Å². The van der Waals surface area contributed by atoms with Crippen LogP contribution in [0.4, 0.5) is 4.39 Å². The summed E-state index contributed by atoms with van der Waals surface area (Å²) < 4.78 is 22.2. The van der Waals surface area contributed by atoms with Crippen LogP contribution in [0.5, 0.6) is 0 Å². The molecule has 5 fully saturated rings. The number of esters is 1. The van der Waals surface area contributed by atoms with Crippen LogP contribution in [-0.4, -0.2) is 23.5 Å². The van der Waals surface area contributed by atoms with Crippen LogP contribution in [-0.2, 0) is 14.3 Å². The summed E-state index contributed by atoms with van der Waals surface area (Å²) >= 11 is 0. The van der Waals surface area contributed by atoms with Crippen molar-refractivity contribution in [1.82, 2.24) is 0 Å². The van der Waals surface area contributed by atoms with Crippen molar-refractivity contribution in [1.29, 1.82) is 0 Å².